The zero-order valence-electron chi connectivity index (χ0n) is 15.3. The number of benzene rings is 2. The van der Waals surface area contributed by atoms with Gasteiger partial charge in [-0.15, -0.1) is 0 Å². The number of urea groups is 1. The van der Waals surface area contributed by atoms with Gasteiger partial charge in [0.25, 0.3) is 0 Å². The van der Waals surface area contributed by atoms with Gasteiger partial charge in [0.1, 0.15) is 5.82 Å². The van der Waals surface area contributed by atoms with Crippen molar-refractivity contribution in [2.75, 3.05) is 5.32 Å². The van der Waals surface area contributed by atoms with Crippen LogP contribution in [0.15, 0.2) is 48.5 Å². The Labute approximate surface area is 173 Å². The number of amides is 2. The van der Waals surface area contributed by atoms with Gasteiger partial charge in [-0.2, -0.15) is 18.3 Å². The monoisotopic (exact) mass is 441 g/mol. The zero-order chi connectivity index (χ0) is 21.9. The second-order valence-electron chi connectivity index (χ2n) is 6.23. The molecule has 4 N–H and O–H groups in total. The lowest BCUT2D eigenvalue weighted by molar-refractivity contribution is -0.141. The van der Waals surface area contributed by atoms with Gasteiger partial charge >= 0.3 is 12.2 Å². The van der Waals surface area contributed by atoms with E-state index in [1.807, 2.05) is 0 Å². The highest BCUT2D eigenvalue weighted by Gasteiger charge is 2.35. The van der Waals surface area contributed by atoms with Crippen molar-refractivity contribution in [2.45, 2.75) is 19.3 Å². The van der Waals surface area contributed by atoms with Crippen LogP contribution < -0.4 is 16.4 Å². The van der Waals surface area contributed by atoms with E-state index in [-0.39, 0.29) is 30.0 Å². The standard InChI is InChI=1S/C19H16ClF4N5O/c20-12-2-1-3-14(6-12)29-15(8-17(28-29)19(22,23)24)10-26-18(30)27-13-5-4-11(9-25)16(21)7-13/h1-8H,9-10,25H2,(H2,26,27,30). The van der Waals surface area contributed by atoms with E-state index >= 15 is 0 Å². The third-order valence-corrected chi connectivity index (χ3v) is 4.32. The number of hydrogen-bond donors (Lipinski definition) is 3. The Kier molecular flexibility index (Phi) is 6.28. The second kappa shape index (κ2) is 8.72. The van der Waals surface area contributed by atoms with E-state index < -0.39 is 23.7 Å². The van der Waals surface area contributed by atoms with Gasteiger partial charge in [-0.1, -0.05) is 23.7 Å². The maximum Gasteiger partial charge on any atom is 0.435 e. The van der Waals surface area contributed by atoms with Crippen LogP contribution >= 0.6 is 11.6 Å². The summed E-state index contributed by atoms with van der Waals surface area (Å²) in [6.45, 7) is -0.266. The summed E-state index contributed by atoms with van der Waals surface area (Å²) in [5, 5.41) is 8.73. The maximum absolute atomic E-state index is 13.8. The van der Waals surface area contributed by atoms with E-state index in [2.05, 4.69) is 15.7 Å². The van der Waals surface area contributed by atoms with Gasteiger partial charge < -0.3 is 16.4 Å². The van der Waals surface area contributed by atoms with Crippen molar-refractivity contribution < 1.29 is 22.4 Å². The summed E-state index contributed by atoms with van der Waals surface area (Å²) < 4.78 is 54.2. The minimum atomic E-state index is -4.66. The topological polar surface area (TPSA) is 85.0 Å². The lowest BCUT2D eigenvalue weighted by Gasteiger charge is -2.11. The van der Waals surface area contributed by atoms with Crippen molar-refractivity contribution in [3.05, 3.63) is 76.3 Å². The Morgan fingerprint density at radius 3 is 2.57 bits per heavy atom. The first-order chi connectivity index (χ1) is 14.2. The number of hydrogen-bond acceptors (Lipinski definition) is 3. The van der Waals surface area contributed by atoms with Crippen molar-refractivity contribution >= 4 is 23.3 Å². The van der Waals surface area contributed by atoms with E-state index in [9.17, 15) is 22.4 Å². The second-order valence-corrected chi connectivity index (χ2v) is 6.66. The fourth-order valence-corrected chi connectivity index (χ4v) is 2.84. The van der Waals surface area contributed by atoms with Crippen molar-refractivity contribution in [1.29, 1.82) is 0 Å². The molecule has 0 saturated heterocycles. The molecule has 3 aromatic rings. The van der Waals surface area contributed by atoms with Crippen molar-refractivity contribution in [3.63, 3.8) is 0 Å². The first kappa shape index (κ1) is 21.6. The first-order valence-electron chi connectivity index (χ1n) is 8.63. The molecular weight excluding hydrogens is 426 g/mol. The fourth-order valence-electron chi connectivity index (χ4n) is 2.65. The number of anilines is 1. The number of nitrogens with zero attached hydrogens (tertiary/aromatic N) is 2. The van der Waals surface area contributed by atoms with Crippen LogP contribution in [0.2, 0.25) is 5.02 Å². The molecule has 0 radical (unpaired) electrons. The minimum absolute atomic E-state index is 0.00728. The van der Waals surface area contributed by atoms with Crippen LogP contribution in [0.25, 0.3) is 5.69 Å². The molecule has 0 unspecified atom stereocenters. The Balaban J connectivity index is 1.77. The van der Waals surface area contributed by atoms with Crippen LogP contribution in [0.5, 0.6) is 0 Å². The van der Waals surface area contributed by atoms with Gasteiger partial charge in [-0.25, -0.2) is 13.9 Å². The summed E-state index contributed by atoms with van der Waals surface area (Å²) in [6, 6.07) is 10.2. The van der Waals surface area contributed by atoms with E-state index in [0.29, 0.717) is 10.7 Å². The molecule has 158 valence electrons. The molecule has 1 aromatic heterocycles. The molecule has 1 heterocycles. The van der Waals surface area contributed by atoms with Crippen LogP contribution in [-0.4, -0.2) is 15.8 Å². The van der Waals surface area contributed by atoms with Gasteiger partial charge in [0.2, 0.25) is 0 Å². The Bertz CT molecular complexity index is 1070. The van der Waals surface area contributed by atoms with E-state index in [0.717, 1.165) is 16.8 Å². The van der Waals surface area contributed by atoms with Crippen molar-refractivity contribution in [2.24, 2.45) is 5.73 Å². The number of halogens is 5. The Morgan fingerprint density at radius 1 is 1.17 bits per heavy atom. The van der Waals surface area contributed by atoms with Crippen molar-refractivity contribution in [3.8, 4) is 5.69 Å². The molecule has 2 amide bonds. The van der Waals surface area contributed by atoms with E-state index in [1.54, 1.807) is 12.1 Å². The largest absolute Gasteiger partial charge is 0.435 e. The number of carbonyl (C=O) groups excluding carboxylic acids is 1. The number of nitrogens with one attached hydrogen (secondary N) is 2. The Morgan fingerprint density at radius 2 is 1.93 bits per heavy atom. The molecule has 2 aromatic carbocycles. The average molecular weight is 442 g/mol. The summed E-state index contributed by atoms with van der Waals surface area (Å²) in [6.07, 6.45) is -4.66. The molecule has 0 aliphatic rings. The Hall–Kier alpha value is -3.11. The average Bonchev–Trinajstić information content (AvgIpc) is 3.11. The van der Waals surface area contributed by atoms with Crippen LogP contribution in [0.1, 0.15) is 17.0 Å². The van der Waals surface area contributed by atoms with Crippen LogP contribution in [0.4, 0.5) is 28.0 Å². The third kappa shape index (κ3) is 5.08. The predicted molar refractivity (Wildman–Crippen MR) is 104 cm³/mol. The molecule has 0 aliphatic heterocycles. The quantitative estimate of drug-likeness (QED) is 0.511. The minimum Gasteiger partial charge on any atom is -0.332 e. The first-order valence-corrected chi connectivity index (χ1v) is 9.00. The van der Waals surface area contributed by atoms with E-state index in [4.69, 9.17) is 17.3 Å². The zero-order valence-corrected chi connectivity index (χ0v) is 16.1. The summed E-state index contributed by atoms with van der Waals surface area (Å²) in [4.78, 5) is 12.1. The molecule has 30 heavy (non-hydrogen) atoms. The number of rotatable bonds is 5. The molecule has 3 rings (SSSR count). The van der Waals surface area contributed by atoms with Crippen LogP contribution in [0, 0.1) is 5.82 Å². The summed E-state index contributed by atoms with van der Waals surface area (Å²) >= 11 is 5.91. The van der Waals surface area contributed by atoms with Crippen LogP contribution in [-0.2, 0) is 19.3 Å². The number of aromatic nitrogens is 2. The van der Waals surface area contributed by atoms with E-state index in [1.165, 1.54) is 24.3 Å². The molecule has 11 heteroatoms. The molecule has 6 nitrogen and oxygen atoms in total. The molecule has 0 spiro atoms. The highest BCUT2D eigenvalue weighted by atomic mass is 35.5. The van der Waals surface area contributed by atoms with Gasteiger partial charge in [0, 0.05) is 22.8 Å². The summed E-state index contributed by atoms with van der Waals surface area (Å²) in [5.74, 6) is -0.579. The maximum atomic E-state index is 13.8. The molecular formula is C19H16ClF4N5O. The lowest BCUT2D eigenvalue weighted by Crippen LogP contribution is -2.29. The third-order valence-electron chi connectivity index (χ3n) is 4.09. The summed E-state index contributed by atoms with van der Waals surface area (Å²) in [5.41, 5.74) is 5.10. The predicted octanol–water partition coefficient (Wildman–Crippen LogP) is 4.46. The number of nitrogens with two attached hydrogens (primary N) is 1. The molecule has 0 atom stereocenters. The lowest BCUT2D eigenvalue weighted by atomic mass is 10.2. The van der Waals surface area contributed by atoms with Gasteiger partial charge in [-0.05, 0) is 36.4 Å². The normalized spacial score (nSPS) is 11.4. The van der Waals surface area contributed by atoms with Gasteiger partial charge in [0.05, 0.1) is 17.9 Å². The number of carbonyl (C=O) groups is 1. The fraction of sp³-hybridized carbons (Fsp3) is 0.158. The molecule has 0 fully saturated rings. The van der Waals surface area contributed by atoms with Gasteiger partial charge in [-0.3, -0.25) is 0 Å². The highest BCUT2D eigenvalue weighted by molar-refractivity contribution is 6.30. The molecule has 0 bridgehead atoms. The van der Waals surface area contributed by atoms with Crippen LogP contribution in [0.3, 0.4) is 0 Å². The van der Waals surface area contributed by atoms with Gasteiger partial charge in [0.15, 0.2) is 5.69 Å². The van der Waals surface area contributed by atoms with Crippen molar-refractivity contribution in [1.82, 2.24) is 15.1 Å². The molecule has 0 saturated carbocycles. The smallest absolute Gasteiger partial charge is 0.332 e. The number of alkyl halides is 3. The summed E-state index contributed by atoms with van der Waals surface area (Å²) in [7, 11) is 0. The highest BCUT2D eigenvalue weighted by Crippen LogP contribution is 2.30. The SMILES string of the molecule is NCc1ccc(NC(=O)NCc2cc(C(F)(F)F)nn2-c2cccc(Cl)c2)cc1F. The molecule has 0 aliphatic carbocycles.